The van der Waals surface area contributed by atoms with Crippen LogP contribution in [0.4, 0.5) is 0 Å². The summed E-state index contributed by atoms with van der Waals surface area (Å²) in [4.78, 5) is 30.2. The lowest BCUT2D eigenvalue weighted by Gasteiger charge is -2.11. The number of hydrogen-bond donors (Lipinski definition) is 1. The first kappa shape index (κ1) is 21.5. The molecule has 0 amide bonds. The van der Waals surface area contributed by atoms with Crippen LogP contribution < -0.4 is 11.2 Å². The summed E-state index contributed by atoms with van der Waals surface area (Å²) in [6.45, 7) is 4.79. The molecule has 5 rings (SSSR count). The van der Waals surface area contributed by atoms with Gasteiger partial charge >= 0.3 is 5.69 Å². The van der Waals surface area contributed by atoms with E-state index in [2.05, 4.69) is 25.6 Å². The number of hydrogen-bond acceptors (Lipinski definition) is 6. The fourth-order valence-electron chi connectivity index (χ4n) is 4.31. The molecule has 1 N–H and O–H groups in total. The Balaban J connectivity index is 1.56. The lowest BCUT2D eigenvalue weighted by atomic mass is 9.98. The second-order valence-electron chi connectivity index (χ2n) is 8.01. The van der Waals surface area contributed by atoms with Crippen molar-refractivity contribution in [3.63, 3.8) is 0 Å². The quantitative estimate of drug-likeness (QED) is 0.419. The highest BCUT2D eigenvalue weighted by Gasteiger charge is 2.19. The third kappa shape index (κ3) is 3.43. The van der Waals surface area contributed by atoms with Gasteiger partial charge in [-0.15, -0.1) is 10.2 Å². The van der Waals surface area contributed by atoms with Gasteiger partial charge in [0.15, 0.2) is 11.2 Å². The van der Waals surface area contributed by atoms with Gasteiger partial charge in [-0.3, -0.25) is 13.9 Å². The number of rotatable bonds is 6. The van der Waals surface area contributed by atoms with Crippen molar-refractivity contribution in [1.82, 2.24) is 39.3 Å². The molecular formula is C24H24N8O2. The molecule has 34 heavy (non-hydrogen) atoms. The summed E-state index contributed by atoms with van der Waals surface area (Å²) >= 11 is 0. The van der Waals surface area contributed by atoms with Gasteiger partial charge in [0.2, 0.25) is 5.82 Å². The molecule has 0 aliphatic rings. The van der Waals surface area contributed by atoms with E-state index in [0.717, 1.165) is 32.6 Å². The summed E-state index contributed by atoms with van der Waals surface area (Å²) in [6.07, 6.45) is 0.645. The standard InChI is InChI=1S/C24H24N8O2/c1-4-19-25-22-20(23(33)30(3)24(34)31(22)5-2)32(19)14-15-10-12-16(13-11-15)17-8-6-7-9-18(17)21-26-28-29-27-21/h6-13H,4-5,14H2,1-3H3,(H,26,27,28,29). The minimum atomic E-state index is -0.350. The molecule has 10 heteroatoms. The van der Waals surface area contributed by atoms with E-state index in [1.807, 2.05) is 66.9 Å². The zero-order valence-electron chi connectivity index (χ0n) is 19.2. The molecule has 0 bridgehead atoms. The molecule has 3 aromatic heterocycles. The van der Waals surface area contributed by atoms with Gasteiger partial charge in [-0.05, 0) is 28.8 Å². The van der Waals surface area contributed by atoms with Crippen molar-refractivity contribution in [2.45, 2.75) is 33.4 Å². The van der Waals surface area contributed by atoms with Crippen LogP contribution in [0.5, 0.6) is 0 Å². The first-order chi connectivity index (χ1) is 16.5. The second kappa shape index (κ2) is 8.54. The van der Waals surface area contributed by atoms with Crippen molar-refractivity contribution in [3.8, 4) is 22.5 Å². The number of benzene rings is 2. The van der Waals surface area contributed by atoms with Crippen LogP contribution in [0, 0.1) is 0 Å². The summed E-state index contributed by atoms with van der Waals surface area (Å²) in [5.74, 6) is 1.31. The number of H-pyrrole nitrogens is 1. The highest BCUT2D eigenvalue weighted by Crippen LogP contribution is 2.30. The fraction of sp³-hybridized carbons (Fsp3) is 0.250. The van der Waals surface area contributed by atoms with Crippen molar-refractivity contribution in [2.75, 3.05) is 0 Å². The van der Waals surface area contributed by atoms with E-state index in [9.17, 15) is 9.59 Å². The lowest BCUT2D eigenvalue weighted by molar-refractivity contribution is 0.649. The first-order valence-electron chi connectivity index (χ1n) is 11.1. The minimum Gasteiger partial charge on any atom is -0.318 e. The van der Waals surface area contributed by atoms with E-state index in [1.54, 1.807) is 4.57 Å². The zero-order chi connectivity index (χ0) is 23.8. The molecule has 0 saturated heterocycles. The van der Waals surface area contributed by atoms with E-state index >= 15 is 0 Å². The number of aromatic nitrogens is 8. The molecule has 3 heterocycles. The maximum absolute atomic E-state index is 13.0. The molecule has 0 atom stereocenters. The van der Waals surface area contributed by atoms with Gasteiger partial charge < -0.3 is 4.57 Å². The van der Waals surface area contributed by atoms with Crippen molar-refractivity contribution in [1.29, 1.82) is 0 Å². The van der Waals surface area contributed by atoms with E-state index in [1.165, 1.54) is 7.05 Å². The molecule has 0 aliphatic carbocycles. The maximum Gasteiger partial charge on any atom is 0.332 e. The molecule has 0 fully saturated rings. The van der Waals surface area contributed by atoms with E-state index in [-0.39, 0.29) is 11.2 Å². The number of imidazole rings is 1. The Kier molecular flexibility index (Phi) is 5.40. The van der Waals surface area contributed by atoms with Gasteiger partial charge in [0.05, 0.1) is 0 Å². The van der Waals surface area contributed by atoms with Crippen LogP contribution in [-0.4, -0.2) is 39.3 Å². The SMILES string of the molecule is CCc1nc2c(c(=O)n(C)c(=O)n2CC)n1Cc1ccc(-c2ccccc2-c2nn[nH]n2)cc1. The van der Waals surface area contributed by atoms with Gasteiger partial charge in [0.25, 0.3) is 5.56 Å². The Morgan fingerprint density at radius 3 is 2.32 bits per heavy atom. The Morgan fingerprint density at radius 1 is 0.941 bits per heavy atom. The number of nitrogens with one attached hydrogen (secondary N) is 1. The first-order valence-corrected chi connectivity index (χ1v) is 11.1. The average Bonchev–Trinajstić information content (AvgIpc) is 3.52. The largest absolute Gasteiger partial charge is 0.332 e. The van der Waals surface area contributed by atoms with Crippen LogP contribution in [0.1, 0.15) is 25.2 Å². The average molecular weight is 457 g/mol. The van der Waals surface area contributed by atoms with E-state index in [0.29, 0.717) is 36.5 Å². The summed E-state index contributed by atoms with van der Waals surface area (Å²) in [5, 5.41) is 14.4. The smallest absolute Gasteiger partial charge is 0.318 e. The van der Waals surface area contributed by atoms with Crippen LogP contribution in [0.3, 0.4) is 0 Å². The van der Waals surface area contributed by atoms with Crippen molar-refractivity contribution < 1.29 is 0 Å². The molecular weight excluding hydrogens is 432 g/mol. The van der Waals surface area contributed by atoms with Gasteiger partial charge in [-0.25, -0.2) is 9.78 Å². The summed E-state index contributed by atoms with van der Waals surface area (Å²) in [6, 6.07) is 16.0. The summed E-state index contributed by atoms with van der Waals surface area (Å²) in [7, 11) is 1.51. The molecule has 10 nitrogen and oxygen atoms in total. The molecule has 0 saturated carbocycles. The topological polar surface area (TPSA) is 116 Å². The number of fused-ring (bicyclic) bond motifs is 1. The van der Waals surface area contributed by atoms with Gasteiger partial charge in [-0.1, -0.05) is 55.5 Å². The zero-order valence-corrected chi connectivity index (χ0v) is 19.2. The Hall–Kier alpha value is -4.34. The minimum absolute atomic E-state index is 0.331. The van der Waals surface area contributed by atoms with Crippen molar-refractivity contribution >= 4 is 11.2 Å². The summed E-state index contributed by atoms with van der Waals surface area (Å²) in [5.41, 5.74) is 4.14. The van der Waals surface area contributed by atoms with Crippen LogP contribution in [-0.2, 0) is 26.6 Å². The number of aryl methyl sites for hydroxylation is 2. The van der Waals surface area contributed by atoms with Crippen LogP contribution in [0.2, 0.25) is 0 Å². The van der Waals surface area contributed by atoms with Gasteiger partial charge in [0, 0.05) is 32.1 Å². The highest BCUT2D eigenvalue weighted by atomic mass is 16.2. The molecule has 0 spiro atoms. The second-order valence-corrected chi connectivity index (χ2v) is 8.01. The van der Waals surface area contributed by atoms with Crippen LogP contribution >= 0.6 is 0 Å². The van der Waals surface area contributed by atoms with E-state index in [4.69, 9.17) is 0 Å². The monoisotopic (exact) mass is 456 g/mol. The van der Waals surface area contributed by atoms with Crippen molar-refractivity contribution in [3.05, 3.63) is 80.8 Å². The fourth-order valence-corrected chi connectivity index (χ4v) is 4.31. The highest BCUT2D eigenvalue weighted by molar-refractivity contribution is 5.80. The normalized spacial score (nSPS) is 11.4. The summed E-state index contributed by atoms with van der Waals surface area (Å²) < 4.78 is 4.62. The lowest BCUT2D eigenvalue weighted by Crippen LogP contribution is -2.38. The molecule has 2 aromatic carbocycles. The Bertz CT molecular complexity index is 1590. The predicted octanol–water partition coefficient (Wildman–Crippen LogP) is 2.37. The number of tetrazole rings is 1. The molecule has 0 unspecified atom stereocenters. The predicted molar refractivity (Wildman–Crippen MR) is 128 cm³/mol. The third-order valence-corrected chi connectivity index (χ3v) is 6.06. The van der Waals surface area contributed by atoms with E-state index < -0.39 is 0 Å². The van der Waals surface area contributed by atoms with Crippen LogP contribution in [0.25, 0.3) is 33.7 Å². The molecule has 0 aliphatic heterocycles. The Morgan fingerprint density at radius 2 is 1.68 bits per heavy atom. The van der Waals surface area contributed by atoms with Crippen molar-refractivity contribution in [2.24, 2.45) is 7.05 Å². The van der Waals surface area contributed by atoms with Gasteiger partial charge in [-0.2, -0.15) is 5.21 Å². The molecule has 172 valence electrons. The molecule has 5 aromatic rings. The van der Waals surface area contributed by atoms with Gasteiger partial charge in [0.1, 0.15) is 5.82 Å². The Labute approximate surface area is 194 Å². The number of nitrogens with zero attached hydrogens (tertiary/aromatic N) is 7. The maximum atomic E-state index is 13.0. The molecule has 0 radical (unpaired) electrons. The number of aromatic amines is 1. The third-order valence-electron chi connectivity index (χ3n) is 6.06. The van der Waals surface area contributed by atoms with Crippen LogP contribution in [0.15, 0.2) is 58.1 Å².